The van der Waals surface area contributed by atoms with Crippen molar-refractivity contribution in [2.45, 2.75) is 11.4 Å². The Bertz CT molecular complexity index is 1280. The average molecular weight is 523 g/mol. The minimum Gasteiger partial charge on any atom is -0.493 e. The highest BCUT2D eigenvalue weighted by molar-refractivity contribution is 7.92. The second-order valence-corrected chi connectivity index (χ2v) is 9.50. The van der Waals surface area contributed by atoms with E-state index in [1.54, 1.807) is 30.3 Å². The SMILES string of the molecule is COc1cc(CNC(=O)CN(c2ccc(F)c(Cl)c2)S(=O)(=O)c2ccccc2)cc(OC)c1OC. The Morgan fingerprint density at radius 1 is 0.971 bits per heavy atom. The number of carbonyl (C=O) groups excluding carboxylic acids is 1. The number of nitrogens with one attached hydrogen (secondary N) is 1. The third-order valence-electron chi connectivity index (χ3n) is 5.02. The molecular formula is C24H24ClFN2O6S. The van der Waals surface area contributed by atoms with Gasteiger partial charge < -0.3 is 19.5 Å². The third kappa shape index (κ3) is 5.95. The number of hydrogen-bond acceptors (Lipinski definition) is 6. The first kappa shape index (κ1) is 26.1. The van der Waals surface area contributed by atoms with Crippen LogP contribution >= 0.6 is 11.6 Å². The Labute approximate surface area is 208 Å². The number of anilines is 1. The van der Waals surface area contributed by atoms with Crippen molar-refractivity contribution in [2.75, 3.05) is 32.2 Å². The van der Waals surface area contributed by atoms with E-state index in [0.717, 1.165) is 16.4 Å². The number of rotatable bonds is 10. The Kier molecular flexibility index (Phi) is 8.42. The van der Waals surface area contributed by atoms with Gasteiger partial charge in [-0.25, -0.2) is 12.8 Å². The first-order chi connectivity index (χ1) is 16.7. The van der Waals surface area contributed by atoms with Crippen LogP contribution in [-0.2, 0) is 21.4 Å². The van der Waals surface area contributed by atoms with E-state index in [1.807, 2.05) is 0 Å². The van der Waals surface area contributed by atoms with Gasteiger partial charge >= 0.3 is 0 Å². The Balaban J connectivity index is 1.87. The van der Waals surface area contributed by atoms with Crippen LogP contribution in [0.5, 0.6) is 17.2 Å². The normalized spacial score (nSPS) is 11.0. The first-order valence-corrected chi connectivity index (χ1v) is 12.1. The molecule has 0 saturated carbocycles. The van der Waals surface area contributed by atoms with Crippen molar-refractivity contribution >= 4 is 33.2 Å². The molecule has 0 unspecified atom stereocenters. The fourth-order valence-corrected chi connectivity index (χ4v) is 4.91. The maximum Gasteiger partial charge on any atom is 0.264 e. The van der Waals surface area contributed by atoms with Crippen molar-refractivity contribution < 1.29 is 31.8 Å². The molecule has 0 spiro atoms. The molecule has 0 saturated heterocycles. The number of amides is 1. The molecule has 3 aromatic rings. The predicted octanol–water partition coefficient (Wildman–Crippen LogP) is 4.02. The van der Waals surface area contributed by atoms with E-state index >= 15 is 0 Å². The number of sulfonamides is 1. The van der Waals surface area contributed by atoms with Crippen LogP contribution in [0.1, 0.15) is 5.56 Å². The summed E-state index contributed by atoms with van der Waals surface area (Å²) in [4.78, 5) is 12.8. The minimum atomic E-state index is -4.16. The van der Waals surface area contributed by atoms with Crippen molar-refractivity contribution in [2.24, 2.45) is 0 Å². The lowest BCUT2D eigenvalue weighted by atomic mass is 10.1. The number of halogens is 2. The highest BCUT2D eigenvalue weighted by Crippen LogP contribution is 2.38. The highest BCUT2D eigenvalue weighted by atomic mass is 35.5. The van der Waals surface area contributed by atoms with Gasteiger partial charge in [0.1, 0.15) is 12.4 Å². The molecule has 0 aromatic heterocycles. The summed E-state index contributed by atoms with van der Waals surface area (Å²) in [6.07, 6.45) is 0. The van der Waals surface area contributed by atoms with Gasteiger partial charge in [0.15, 0.2) is 11.5 Å². The van der Waals surface area contributed by atoms with Crippen LogP contribution in [0.15, 0.2) is 65.6 Å². The van der Waals surface area contributed by atoms with Crippen LogP contribution in [0, 0.1) is 5.82 Å². The molecule has 3 aromatic carbocycles. The van der Waals surface area contributed by atoms with Crippen molar-refractivity contribution in [3.8, 4) is 17.2 Å². The van der Waals surface area contributed by atoms with Crippen LogP contribution in [0.25, 0.3) is 0 Å². The van der Waals surface area contributed by atoms with Gasteiger partial charge in [0.05, 0.1) is 36.9 Å². The van der Waals surface area contributed by atoms with E-state index in [9.17, 15) is 17.6 Å². The monoisotopic (exact) mass is 522 g/mol. The van der Waals surface area contributed by atoms with Crippen LogP contribution in [0.4, 0.5) is 10.1 Å². The molecule has 11 heteroatoms. The van der Waals surface area contributed by atoms with Crippen LogP contribution in [-0.4, -0.2) is 42.2 Å². The van der Waals surface area contributed by atoms with Crippen LogP contribution in [0.2, 0.25) is 5.02 Å². The van der Waals surface area contributed by atoms with E-state index in [0.29, 0.717) is 22.8 Å². The maximum atomic E-state index is 13.7. The summed E-state index contributed by atoms with van der Waals surface area (Å²) in [5, 5.41) is 2.41. The standard InChI is InChI=1S/C24H24ClFN2O6S/c1-32-21-11-16(12-22(33-2)24(21)34-3)14-27-23(29)15-28(17-9-10-20(26)19(25)13-17)35(30,31)18-7-5-4-6-8-18/h4-13H,14-15H2,1-3H3,(H,27,29). The fraction of sp³-hybridized carbons (Fsp3) is 0.208. The molecule has 0 atom stereocenters. The summed E-state index contributed by atoms with van der Waals surface area (Å²) in [6, 6.07) is 14.4. The Morgan fingerprint density at radius 3 is 2.14 bits per heavy atom. The average Bonchev–Trinajstić information content (AvgIpc) is 2.87. The third-order valence-corrected chi connectivity index (χ3v) is 7.10. The molecule has 0 aliphatic carbocycles. The van der Waals surface area contributed by atoms with Crippen molar-refractivity contribution in [3.63, 3.8) is 0 Å². The highest BCUT2D eigenvalue weighted by Gasteiger charge is 2.27. The zero-order chi connectivity index (χ0) is 25.6. The molecule has 8 nitrogen and oxygen atoms in total. The molecule has 0 bridgehead atoms. The molecule has 0 heterocycles. The quantitative estimate of drug-likeness (QED) is 0.432. The summed E-state index contributed by atoms with van der Waals surface area (Å²) in [5.74, 6) is -0.0907. The summed E-state index contributed by atoms with van der Waals surface area (Å²) in [7, 11) is 0.264. The molecule has 0 fully saturated rings. The number of ether oxygens (including phenoxy) is 3. The summed E-state index contributed by atoms with van der Waals surface area (Å²) in [6.45, 7) is -0.511. The van der Waals surface area contributed by atoms with Gasteiger partial charge in [-0.1, -0.05) is 29.8 Å². The zero-order valence-corrected chi connectivity index (χ0v) is 20.8. The van der Waals surface area contributed by atoms with E-state index in [1.165, 1.54) is 39.5 Å². The summed E-state index contributed by atoms with van der Waals surface area (Å²) >= 11 is 5.88. The molecule has 0 aliphatic heterocycles. The number of nitrogens with zero attached hydrogens (tertiary/aromatic N) is 1. The summed E-state index contributed by atoms with van der Waals surface area (Å²) < 4.78 is 57.2. The van der Waals surface area contributed by atoms with Crippen LogP contribution < -0.4 is 23.8 Å². The lowest BCUT2D eigenvalue weighted by molar-refractivity contribution is -0.119. The van der Waals surface area contributed by atoms with Gasteiger partial charge in [-0.2, -0.15) is 0 Å². The lowest BCUT2D eigenvalue weighted by Crippen LogP contribution is -2.40. The smallest absolute Gasteiger partial charge is 0.264 e. The maximum absolute atomic E-state index is 13.7. The van der Waals surface area contributed by atoms with E-state index in [-0.39, 0.29) is 22.2 Å². The van der Waals surface area contributed by atoms with Gasteiger partial charge in [0.25, 0.3) is 10.0 Å². The second-order valence-electron chi connectivity index (χ2n) is 7.23. The van der Waals surface area contributed by atoms with Crippen LogP contribution in [0.3, 0.4) is 0 Å². The van der Waals surface area contributed by atoms with Crippen molar-refractivity contribution in [1.29, 1.82) is 0 Å². The molecule has 0 aliphatic rings. The topological polar surface area (TPSA) is 94.2 Å². The number of carbonyl (C=O) groups is 1. The van der Waals surface area contributed by atoms with E-state index in [4.69, 9.17) is 25.8 Å². The Hall–Kier alpha value is -3.50. The zero-order valence-electron chi connectivity index (χ0n) is 19.2. The van der Waals surface area contributed by atoms with Gasteiger partial charge in [-0.05, 0) is 48.0 Å². The molecular weight excluding hydrogens is 499 g/mol. The van der Waals surface area contributed by atoms with E-state index < -0.39 is 28.3 Å². The molecule has 186 valence electrons. The van der Waals surface area contributed by atoms with Crippen molar-refractivity contribution in [1.82, 2.24) is 5.32 Å². The van der Waals surface area contributed by atoms with Crippen molar-refractivity contribution in [3.05, 3.63) is 77.1 Å². The minimum absolute atomic E-state index is 0.0297. The van der Waals surface area contributed by atoms with Gasteiger partial charge in [-0.15, -0.1) is 0 Å². The van der Waals surface area contributed by atoms with E-state index in [2.05, 4.69) is 5.32 Å². The van der Waals surface area contributed by atoms with Gasteiger partial charge in [0, 0.05) is 6.54 Å². The number of methoxy groups -OCH3 is 3. The molecule has 35 heavy (non-hydrogen) atoms. The molecule has 0 radical (unpaired) electrons. The van der Waals surface area contributed by atoms with Gasteiger partial charge in [0.2, 0.25) is 11.7 Å². The summed E-state index contributed by atoms with van der Waals surface area (Å²) in [5.41, 5.74) is 0.679. The Morgan fingerprint density at radius 2 is 1.60 bits per heavy atom. The molecule has 3 rings (SSSR count). The second kappa shape index (κ2) is 11.3. The number of benzene rings is 3. The lowest BCUT2D eigenvalue weighted by Gasteiger charge is -2.24. The fourth-order valence-electron chi connectivity index (χ4n) is 3.30. The predicted molar refractivity (Wildman–Crippen MR) is 130 cm³/mol. The van der Waals surface area contributed by atoms with Gasteiger partial charge in [-0.3, -0.25) is 9.10 Å². The molecule has 1 amide bonds. The largest absolute Gasteiger partial charge is 0.493 e. The molecule has 1 N–H and O–H groups in total. The number of hydrogen-bond donors (Lipinski definition) is 1. The first-order valence-electron chi connectivity index (χ1n) is 10.3.